The van der Waals surface area contributed by atoms with E-state index in [1.54, 1.807) is 6.20 Å². The van der Waals surface area contributed by atoms with Gasteiger partial charge in [-0.1, -0.05) is 23.7 Å². The highest BCUT2D eigenvalue weighted by Crippen LogP contribution is 2.16. The molecule has 0 fully saturated rings. The van der Waals surface area contributed by atoms with Gasteiger partial charge in [0.05, 0.1) is 0 Å². The lowest BCUT2D eigenvalue weighted by atomic mass is 10.1. The molecule has 0 aliphatic rings. The van der Waals surface area contributed by atoms with Crippen molar-refractivity contribution in [2.45, 2.75) is 6.42 Å². The van der Waals surface area contributed by atoms with Crippen LogP contribution in [0, 0.1) is 4.77 Å². The second kappa shape index (κ2) is 4.63. The first-order valence-electron chi connectivity index (χ1n) is 4.73. The van der Waals surface area contributed by atoms with Crippen LogP contribution in [0.1, 0.15) is 11.1 Å². The summed E-state index contributed by atoms with van der Waals surface area (Å²) in [5.74, 6) is 0.556. The number of nitrogens with two attached hydrogens (primary N) is 1. The number of aromatic amines is 1. The van der Waals surface area contributed by atoms with Gasteiger partial charge in [-0.2, -0.15) is 0 Å². The standard InChI is InChI=1S/C11H10ClN3S/c12-9-3-1-2-7(5-9)4-8-6-14-11(16)15-10(8)13/h1-3,5-6H,4H2,(H3,13,14,15,16). The minimum Gasteiger partial charge on any atom is -0.385 e. The summed E-state index contributed by atoms with van der Waals surface area (Å²) < 4.78 is 0.396. The molecule has 0 atom stereocenters. The number of H-pyrrole nitrogens is 1. The third-order valence-electron chi connectivity index (χ3n) is 2.21. The quantitative estimate of drug-likeness (QED) is 0.807. The maximum absolute atomic E-state index is 5.90. The van der Waals surface area contributed by atoms with Crippen molar-refractivity contribution in [3.05, 3.63) is 51.4 Å². The zero-order valence-corrected chi connectivity index (χ0v) is 9.98. The van der Waals surface area contributed by atoms with Gasteiger partial charge in [0, 0.05) is 23.2 Å². The number of nitrogens with one attached hydrogen (secondary N) is 1. The summed E-state index contributed by atoms with van der Waals surface area (Å²) in [5, 5.41) is 0.716. The van der Waals surface area contributed by atoms with Crippen LogP contribution in [0.15, 0.2) is 30.5 Å². The Morgan fingerprint density at radius 1 is 1.44 bits per heavy atom. The van der Waals surface area contributed by atoms with Gasteiger partial charge in [-0.25, -0.2) is 4.98 Å². The van der Waals surface area contributed by atoms with Crippen LogP contribution < -0.4 is 5.73 Å². The van der Waals surface area contributed by atoms with Crippen LogP contribution in [0.3, 0.4) is 0 Å². The molecule has 0 bridgehead atoms. The Hall–Kier alpha value is -1.39. The van der Waals surface area contributed by atoms with Gasteiger partial charge in [-0.3, -0.25) is 0 Å². The zero-order chi connectivity index (χ0) is 11.5. The van der Waals surface area contributed by atoms with E-state index in [0.717, 1.165) is 11.1 Å². The van der Waals surface area contributed by atoms with Crippen LogP contribution >= 0.6 is 23.8 Å². The third kappa shape index (κ3) is 2.59. The second-order valence-electron chi connectivity index (χ2n) is 3.43. The molecule has 0 spiro atoms. The van der Waals surface area contributed by atoms with Gasteiger partial charge < -0.3 is 10.7 Å². The first-order chi connectivity index (χ1) is 7.65. The number of hydrogen-bond donors (Lipinski definition) is 2. The lowest BCUT2D eigenvalue weighted by Crippen LogP contribution is -2.00. The number of hydrogen-bond acceptors (Lipinski definition) is 3. The van der Waals surface area contributed by atoms with Crippen molar-refractivity contribution in [1.29, 1.82) is 0 Å². The van der Waals surface area contributed by atoms with Crippen molar-refractivity contribution in [2.75, 3.05) is 5.73 Å². The van der Waals surface area contributed by atoms with Gasteiger partial charge in [0.25, 0.3) is 0 Å². The lowest BCUT2D eigenvalue weighted by molar-refractivity contribution is 1.06. The maximum Gasteiger partial charge on any atom is 0.198 e. The molecule has 0 aliphatic carbocycles. The Bertz CT molecular complexity index is 565. The van der Waals surface area contributed by atoms with Crippen molar-refractivity contribution in [2.24, 2.45) is 0 Å². The SMILES string of the molecule is Nc1[nH]c(=S)ncc1Cc1cccc(Cl)c1. The highest BCUT2D eigenvalue weighted by atomic mass is 35.5. The van der Waals surface area contributed by atoms with E-state index in [1.807, 2.05) is 24.3 Å². The molecule has 0 saturated heterocycles. The molecular weight excluding hydrogens is 242 g/mol. The number of anilines is 1. The van der Waals surface area contributed by atoms with Gasteiger partial charge in [0.1, 0.15) is 5.82 Å². The number of rotatable bonds is 2. The van der Waals surface area contributed by atoms with Crippen molar-refractivity contribution in [3.8, 4) is 0 Å². The van der Waals surface area contributed by atoms with Gasteiger partial charge >= 0.3 is 0 Å². The molecule has 1 aromatic carbocycles. The molecular formula is C11H10ClN3S. The summed E-state index contributed by atoms with van der Waals surface area (Å²) >= 11 is 10.8. The average Bonchev–Trinajstić information content (AvgIpc) is 2.22. The largest absolute Gasteiger partial charge is 0.385 e. The summed E-state index contributed by atoms with van der Waals surface area (Å²) in [6.07, 6.45) is 2.38. The molecule has 1 aromatic heterocycles. The third-order valence-corrected chi connectivity index (χ3v) is 2.65. The minimum atomic E-state index is 0.396. The normalized spacial score (nSPS) is 10.3. The Balaban J connectivity index is 2.30. The van der Waals surface area contributed by atoms with Crippen LogP contribution in [0.25, 0.3) is 0 Å². The molecule has 0 radical (unpaired) electrons. The second-order valence-corrected chi connectivity index (χ2v) is 4.26. The molecule has 16 heavy (non-hydrogen) atoms. The topological polar surface area (TPSA) is 54.7 Å². The van der Waals surface area contributed by atoms with E-state index >= 15 is 0 Å². The van der Waals surface area contributed by atoms with Crippen molar-refractivity contribution >= 4 is 29.6 Å². The fraction of sp³-hybridized carbons (Fsp3) is 0.0909. The van der Waals surface area contributed by atoms with Gasteiger partial charge in [0.2, 0.25) is 0 Å². The van der Waals surface area contributed by atoms with E-state index < -0.39 is 0 Å². The Kier molecular flexibility index (Phi) is 3.22. The van der Waals surface area contributed by atoms with Crippen molar-refractivity contribution in [3.63, 3.8) is 0 Å². The average molecular weight is 252 g/mol. The fourth-order valence-corrected chi connectivity index (χ4v) is 1.82. The number of aromatic nitrogens is 2. The molecule has 1 heterocycles. The summed E-state index contributed by atoms with van der Waals surface area (Å²) in [6.45, 7) is 0. The zero-order valence-electron chi connectivity index (χ0n) is 8.40. The molecule has 0 unspecified atom stereocenters. The highest BCUT2D eigenvalue weighted by Gasteiger charge is 2.02. The summed E-state index contributed by atoms with van der Waals surface area (Å²) in [7, 11) is 0. The van der Waals surface area contributed by atoms with Crippen LogP contribution in [0.2, 0.25) is 5.02 Å². The van der Waals surface area contributed by atoms with E-state index in [2.05, 4.69) is 9.97 Å². The number of benzene rings is 1. The van der Waals surface area contributed by atoms with Crippen LogP contribution in [-0.2, 0) is 6.42 Å². The molecule has 0 amide bonds. The summed E-state index contributed by atoms with van der Waals surface area (Å²) in [6, 6.07) is 7.65. The maximum atomic E-state index is 5.90. The van der Waals surface area contributed by atoms with Crippen LogP contribution in [0.5, 0.6) is 0 Å². The molecule has 5 heteroatoms. The smallest absolute Gasteiger partial charge is 0.198 e. The van der Waals surface area contributed by atoms with E-state index in [0.29, 0.717) is 22.0 Å². The predicted molar refractivity (Wildman–Crippen MR) is 68.1 cm³/mol. The molecule has 2 rings (SSSR count). The molecule has 2 aromatic rings. The lowest BCUT2D eigenvalue weighted by Gasteiger charge is -2.05. The number of nitrogens with zero attached hydrogens (tertiary/aromatic N) is 1. The predicted octanol–water partition coefficient (Wildman–Crippen LogP) is 2.97. The van der Waals surface area contributed by atoms with E-state index in [9.17, 15) is 0 Å². The van der Waals surface area contributed by atoms with Crippen molar-refractivity contribution in [1.82, 2.24) is 9.97 Å². The molecule has 82 valence electrons. The fourth-order valence-electron chi connectivity index (χ4n) is 1.44. The van der Waals surface area contributed by atoms with Gasteiger partial charge in [-0.05, 0) is 29.9 Å². The number of halogens is 1. The highest BCUT2D eigenvalue weighted by molar-refractivity contribution is 7.71. The Morgan fingerprint density at radius 2 is 2.25 bits per heavy atom. The van der Waals surface area contributed by atoms with Crippen LogP contribution in [-0.4, -0.2) is 9.97 Å². The van der Waals surface area contributed by atoms with Gasteiger partial charge in [0.15, 0.2) is 4.77 Å². The van der Waals surface area contributed by atoms with Crippen LogP contribution in [0.4, 0.5) is 5.82 Å². The minimum absolute atomic E-state index is 0.396. The Labute approximate surface area is 103 Å². The number of nitrogen functional groups attached to an aromatic ring is 1. The molecule has 3 N–H and O–H groups in total. The van der Waals surface area contributed by atoms with Crippen molar-refractivity contribution < 1.29 is 0 Å². The van der Waals surface area contributed by atoms with Gasteiger partial charge in [-0.15, -0.1) is 0 Å². The van der Waals surface area contributed by atoms with E-state index in [4.69, 9.17) is 29.6 Å². The van der Waals surface area contributed by atoms with E-state index in [-0.39, 0.29) is 0 Å². The summed E-state index contributed by atoms with van der Waals surface area (Å²) in [4.78, 5) is 6.83. The molecule has 0 saturated carbocycles. The first kappa shape index (κ1) is 11.1. The molecule has 3 nitrogen and oxygen atoms in total. The molecule has 0 aliphatic heterocycles. The first-order valence-corrected chi connectivity index (χ1v) is 5.52. The monoisotopic (exact) mass is 251 g/mol. The summed E-state index contributed by atoms with van der Waals surface area (Å²) in [5.41, 5.74) is 7.81. The Morgan fingerprint density at radius 3 is 2.94 bits per heavy atom. The van der Waals surface area contributed by atoms with E-state index in [1.165, 1.54) is 0 Å².